The van der Waals surface area contributed by atoms with Crippen LogP contribution in [0.25, 0.3) is 0 Å². The Balaban J connectivity index is 2.09. The maximum absolute atomic E-state index is 11.5. The molecule has 0 aromatic rings. The summed E-state index contributed by atoms with van der Waals surface area (Å²) in [4.78, 5) is 23.1. The third kappa shape index (κ3) is 0.781. The number of carbonyl (C=O) groups is 2. The van der Waals surface area contributed by atoms with Gasteiger partial charge in [-0.2, -0.15) is 0 Å². The highest BCUT2D eigenvalue weighted by Gasteiger charge is 2.51. The Morgan fingerprint density at radius 3 is 1.85 bits per heavy atom. The normalized spacial score (nSPS) is 45.8. The molecule has 0 aromatic carbocycles. The zero-order valence-corrected chi connectivity index (χ0v) is 7.14. The fourth-order valence-corrected chi connectivity index (χ4v) is 2.98. The quantitative estimate of drug-likeness (QED) is 0.516. The predicted molar refractivity (Wildman–Crippen MR) is 46.9 cm³/mol. The van der Waals surface area contributed by atoms with Gasteiger partial charge in [-0.3, -0.25) is 9.59 Å². The fraction of sp³-hybridized carbons (Fsp3) is 0.455. The minimum Gasteiger partial charge on any atom is -0.294 e. The molecule has 3 aliphatic rings. The zero-order valence-electron chi connectivity index (χ0n) is 7.14. The Bertz CT molecular complexity index is 319. The van der Waals surface area contributed by atoms with E-state index in [-0.39, 0.29) is 23.4 Å². The smallest absolute Gasteiger partial charge is 0.160 e. The summed E-state index contributed by atoms with van der Waals surface area (Å²) in [6, 6.07) is 0. The molecule has 1 fully saturated rings. The number of ketones is 2. The molecule has 3 aliphatic carbocycles. The predicted octanol–water partition coefficient (Wildman–Crippen LogP) is 1.13. The molecule has 0 spiro atoms. The van der Waals surface area contributed by atoms with E-state index in [9.17, 15) is 9.59 Å². The maximum Gasteiger partial charge on any atom is 0.160 e. The van der Waals surface area contributed by atoms with Gasteiger partial charge in [-0.15, -0.1) is 0 Å². The summed E-state index contributed by atoms with van der Waals surface area (Å²) in [5.41, 5.74) is 0. The van der Waals surface area contributed by atoms with Crippen LogP contribution in [-0.2, 0) is 9.59 Å². The molecule has 4 atom stereocenters. The van der Waals surface area contributed by atoms with Gasteiger partial charge in [0.1, 0.15) is 0 Å². The van der Waals surface area contributed by atoms with E-state index in [0.717, 1.165) is 6.42 Å². The van der Waals surface area contributed by atoms with E-state index in [1.54, 1.807) is 0 Å². The van der Waals surface area contributed by atoms with Crippen molar-refractivity contribution in [2.24, 2.45) is 23.7 Å². The van der Waals surface area contributed by atoms with Gasteiger partial charge in [0.2, 0.25) is 0 Å². The molecule has 0 N–H and O–H groups in total. The number of carbonyl (C=O) groups excluding carboxylic acids is 2. The van der Waals surface area contributed by atoms with Gasteiger partial charge in [-0.1, -0.05) is 12.2 Å². The van der Waals surface area contributed by atoms with Crippen molar-refractivity contribution >= 4 is 11.6 Å². The second-order valence-corrected chi connectivity index (χ2v) is 4.14. The van der Waals surface area contributed by atoms with Crippen LogP contribution in [-0.4, -0.2) is 11.6 Å². The van der Waals surface area contributed by atoms with E-state index in [0.29, 0.717) is 11.8 Å². The Morgan fingerprint density at radius 2 is 1.38 bits per heavy atom. The van der Waals surface area contributed by atoms with Gasteiger partial charge in [0.25, 0.3) is 0 Å². The first kappa shape index (κ1) is 7.25. The molecule has 0 radical (unpaired) electrons. The van der Waals surface area contributed by atoms with Crippen LogP contribution in [0.3, 0.4) is 0 Å². The van der Waals surface area contributed by atoms with Crippen molar-refractivity contribution in [2.45, 2.75) is 6.42 Å². The van der Waals surface area contributed by atoms with Crippen LogP contribution in [0.5, 0.6) is 0 Å². The van der Waals surface area contributed by atoms with Crippen LogP contribution < -0.4 is 0 Å². The van der Waals surface area contributed by atoms with Gasteiger partial charge >= 0.3 is 0 Å². The van der Waals surface area contributed by atoms with Gasteiger partial charge in [0.15, 0.2) is 11.6 Å². The second-order valence-electron chi connectivity index (χ2n) is 4.14. The molecule has 2 bridgehead atoms. The third-order valence-electron chi connectivity index (χ3n) is 3.53. The molecule has 2 unspecified atom stereocenters. The zero-order chi connectivity index (χ0) is 9.00. The van der Waals surface area contributed by atoms with Gasteiger partial charge in [0.05, 0.1) is 0 Å². The van der Waals surface area contributed by atoms with E-state index in [1.807, 2.05) is 0 Å². The Kier molecular flexibility index (Phi) is 1.22. The number of fused-ring (bicyclic) bond motifs is 5. The molecule has 2 heteroatoms. The first-order valence-electron chi connectivity index (χ1n) is 4.71. The fourth-order valence-electron chi connectivity index (χ4n) is 2.98. The molecular formula is C11H10O2. The monoisotopic (exact) mass is 174 g/mol. The van der Waals surface area contributed by atoms with Crippen LogP contribution in [0.2, 0.25) is 0 Å². The average Bonchev–Trinajstić information content (AvgIpc) is 2.70. The Labute approximate surface area is 76.3 Å². The average molecular weight is 174 g/mol. The van der Waals surface area contributed by atoms with E-state index in [1.165, 1.54) is 12.2 Å². The molecule has 0 aliphatic heterocycles. The van der Waals surface area contributed by atoms with E-state index < -0.39 is 0 Å². The van der Waals surface area contributed by atoms with Crippen molar-refractivity contribution in [3.63, 3.8) is 0 Å². The highest BCUT2D eigenvalue weighted by atomic mass is 16.1. The summed E-state index contributed by atoms with van der Waals surface area (Å²) in [6.07, 6.45) is 8.14. The minimum absolute atomic E-state index is 0.0208. The first-order chi connectivity index (χ1) is 6.27. The van der Waals surface area contributed by atoms with Crippen molar-refractivity contribution < 1.29 is 9.59 Å². The highest BCUT2D eigenvalue weighted by molar-refractivity contribution is 6.08. The minimum atomic E-state index is -0.0208. The van der Waals surface area contributed by atoms with Gasteiger partial charge < -0.3 is 0 Å². The number of hydrogen-bond donors (Lipinski definition) is 0. The van der Waals surface area contributed by atoms with Crippen LogP contribution >= 0.6 is 0 Å². The molecule has 2 nitrogen and oxygen atoms in total. The first-order valence-corrected chi connectivity index (χ1v) is 4.71. The maximum atomic E-state index is 11.5. The second kappa shape index (κ2) is 2.19. The standard InChI is InChI=1S/C11H10O2/c12-8-3-4-9(13)11-7-2-1-6(5-7)10(8)11/h1-4,6-7,10-11H,5H2/t6-,7+,10?,11?. The molecule has 1 saturated carbocycles. The SMILES string of the molecule is O=C1C=CC(=O)C2C1[C@@H]1C=C[C@H]2C1. The number of allylic oxidation sites excluding steroid dienone is 4. The van der Waals surface area contributed by atoms with Gasteiger partial charge in [0, 0.05) is 11.8 Å². The lowest BCUT2D eigenvalue weighted by atomic mass is 9.75. The van der Waals surface area contributed by atoms with Crippen molar-refractivity contribution in [3.05, 3.63) is 24.3 Å². The third-order valence-corrected chi connectivity index (χ3v) is 3.53. The lowest BCUT2D eigenvalue weighted by Gasteiger charge is -2.26. The highest BCUT2D eigenvalue weighted by Crippen LogP contribution is 2.50. The molecule has 0 aromatic heterocycles. The molecule has 0 heterocycles. The molecule has 0 saturated heterocycles. The summed E-state index contributed by atoms with van der Waals surface area (Å²) in [5, 5.41) is 0. The summed E-state index contributed by atoms with van der Waals surface area (Å²) in [6.45, 7) is 0. The van der Waals surface area contributed by atoms with Crippen LogP contribution in [0.4, 0.5) is 0 Å². The number of rotatable bonds is 0. The van der Waals surface area contributed by atoms with E-state index in [2.05, 4.69) is 12.2 Å². The van der Waals surface area contributed by atoms with Crippen molar-refractivity contribution in [2.75, 3.05) is 0 Å². The van der Waals surface area contributed by atoms with Crippen LogP contribution in [0.1, 0.15) is 6.42 Å². The van der Waals surface area contributed by atoms with Gasteiger partial charge in [-0.05, 0) is 30.4 Å². The lowest BCUT2D eigenvalue weighted by Crippen LogP contribution is -2.34. The van der Waals surface area contributed by atoms with E-state index >= 15 is 0 Å². The van der Waals surface area contributed by atoms with Crippen LogP contribution in [0.15, 0.2) is 24.3 Å². The Hall–Kier alpha value is -1.18. The lowest BCUT2D eigenvalue weighted by molar-refractivity contribution is -0.129. The Morgan fingerprint density at radius 1 is 0.923 bits per heavy atom. The van der Waals surface area contributed by atoms with Crippen molar-refractivity contribution in [3.8, 4) is 0 Å². The van der Waals surface area contributed by atoms with Crippen molar-refractivity contribution in [1.82, 2.24) is 0 Å². The molecule has 0 amide bonds. The largest absolute Gasteiger partial charge is 0.294 e. The molecule has 3 rings (SSSR count). The summed E-state index contributed by atoms with van der Waals surface area (Å²) < 4.78 is 0. The van der Waals surface area contributed by atoms with Crippen LogP contribution in [0, 0.1) is 23.7 Å². The topological polar surface area (TPSA) is 34.1 Å². The molecule has 13 heavy (non-hydrogen) atoms. The molecule has 66 valence electrons. The van der Waals surface area contributed by atoms with Crippen molar-refractivity contribution in [1.29, 1.82) is 0 Å². The number of hydrogen-bond acceptors (Lipinski definition) is 2. The summed E-state index contributed by atoms with van der Waals surface area (Å²) in [7, 11) is 0. The molecular weight excluding hydrogens is 164 g/mol. The van der Waals surface area contributed by atoms with E-state index in [4.69, 9.17) is 0 Å². The summed E-state index contributed by atoms with van der Waals surface area (Å²) in [5.74, 6) is 0.954. The summed E-state index contributed by atoms with van der Waals surface area (Å²) >= 11 is 0. The van der Waals surface area contributed by atoms with Gasteiger partial charge in [-0.25, -0.2) is 0 Å².